The summed E-state index contributed by atoms with van der Waals surface area (Å²) in [6.45, 7) is 2.11. The van der Waals surface area contributed by atoms with Gasteiger partial charge in [0, 0.05) is 12.1 Å². The Labute approximate surface area is 115 Å². The Bertz CT molecular complexity index is 498. The second-order valence-corrected chi connectivity index (χ2v) is 5.12. The lowest BCUT2D eigenvalue weighted by molar-refractivity contribution is 0.0357. The summed E-state index contributed by atoms with van der Waals surface area (Å²) in [7, 11) is 0. The van der Waals surface area contributed by atoms with Gasteiger partial charge in [-0.1, -0.05) is 6.92 Å². The van der Waals surface area contributed by atoms with Gasteiger partial charge < -0.3 is 10.0 Å². The molecule has 20 heavy (non-hydrogen) atoms. The zero-order valence-electron chi connectivity index (χ0n) is 11.1. The number of hydrogen-bond acceptors (Lipinski definition) is 2. The van der Waals surface area contributed by atoms with E-state index in [1.54, 1.807) is 0 Å². The third kappa shape index (κ3) is 2.65. The Hall–Kier alpha value is -1.56. The third-order valence-electron chi connectivity index (χ3n) is 3.79. The highest BCUT2D eigenvalue weighted by atomic mass is 19.2. The summed E-state index contributed by atoms with van der Waals surface area (Å²) in [5, 5.41) is 9.38. The number of likely N-dealkylation sites (tertiary alicyclic amines) is 1. The van der Waals surface area contributed by atoms with Gasteiger partial charge in [-0.25, -0.2) is 13.2 Å². The Balaban J connectivity index is 2.30. The smallest absolute Gasteiger partial charge is 0.254 e. The molecule has 0 radical (unpaired) electrons. The van der Waals surface area contributed by atoms with Crippen LogP contribution in [0.25, 0.3) is 0 Å². The van der Waals surface area contributed by atoms with Crippen LogP contribution in [-0.4, -0.2) is 35.1 Å². The molecule has 1 aliphatic rings. The average Bonchev–Trinajstić information content (AvgIpc) is 2.43. The van der Waals surface area contributed by atoms with Crippen molar-refractivity contribution in [2.45, 2.75) is 25.8 Å². The number of benzene rings is 1. The SMILES string of the molecule is CC1CCCN(C(=O)c2cc(F)c(F)c(F)c2)C1CO. The van der Waals surface area contributed by atoms with Gasteiger partial charge in [-0.05, 0) is 30.9 Å². The minimum Gasteiger partial charge on any atom is -0.394 e. The van der Waals surface area contributed by atoms with Crippen molar-refractivity contribution in [2.24, 2.45) is 5.92 Å². The summed E-state index contributed by atoms with van der Waals surface area (Å²) in [5.41, 5.74) is -0.242. The molecular weight excluding hydrogens is 271 g/mol. The molecule has 2 rings (SSSR count). The number of amides is 1. The Morgan fingerprint density at radius 3 is 2.50 bits per heavy atom. The van der Waals surface area contributed by atoms with E-state index in [1.165, 1.54) is 4.90 Å². The van der Waals surface area contributed by atoms with Gasteiger partial charge in [0.2, 0.25) is 0 Å². The number of carbonyl (C=O) groups excluding carboxylic acids is 1. The monoisotopic (exact) mass is 287 g/mol. The van der Waals surface area contributed by atoms with Crippen molar-refractivity contribution in [3.63, 3.8) is 0 Å². The molecule has 1 N–H and O–H groups in total. The molecule has 2 atom stereocenters. The molecule has 1 aromatic rings. The second-order valence-electron chi connectivity index (χ2n) is 5.12. The number of aliphatic hydroxyl groups is 1. The standard InChI is InChI=1S/C14H16F3NO2/c1-8-3-2-4-18(12(8)7-19)14(20)9-5-10(15)13(17)11(16)6-9/h5-6,8,12,19H,2-4,7H2,1H3. The fraction of sp³-hybridized carbons (Fsp3) is 0.500. The molecule has 0 aromatic heterocycles. The summed E-state index contributed by atoms with van der Waals surface area (Å²) in [4.78, 5) is 13.7. The van der Waals surface area contributed by atoms with Crippen molar-refractivity contribution in [3.05, 3.63) is 35.1 Å². The van der Waals surface area contributed by atoms with Gasteiger partial charge in [0.05, 0.1) is 12.6 Å². The maximum absolute atomic E-state index is 13.2. The highest BCUT2D eigenvalue weighted by Gasteiger charge is 2.32. The van der Waals surface area contributed by atoms with Crippen LogP contribution < -0.4 is 0 Å². The maximum Gasteiger partial charge on any atom is 0.254 e. The van der Waals surface area contributed by atoms with E-state index in [9.17, 15) is 23.1 Å². The van der Waals surface area contributed by atoms with E-state index >= 15 is 0 Å². The molecule has 1 amide bonds. The molecule has 110 valence electrons. The first-order chi connectivity index (χ1) is 9.45. The second kappa shape index (κ2) is 5.83. The fourth-order valence-electron chi connectivity index (χ4n) is 2.62. The van der Waals surface area contributed by atoms with Crippen LogP contribution in [0.3, 0.4) is 0 Å². The largest absolute Gasteiger partial charge is 0.394 e. The summed E-state index contributed by atoms with van der Waals surface area (Å²) >= 11 is 0. The molecule has 0 saturated carbocycles. The van der Waals surface area contributed by atoms with Crippen LogP contribution in [0.4, 0.5) is 13.2 Å². The number of rotatable bonds is 2. The highest BCUT2D eigenvalue weighted by molar-refractivity contribution is 5.94. The molecule has 1 fully saturated rings. The van der Waals surface area contributed by atoms with Gasteiger partial charge in [-0.2, -0.15) is 0 Å². The van der Waals surface area contributed by atoms with Crippen LogP contribution in [0.15, 0.2) is 12.1 Å². The molecular formula is C14H16F3NO2. The van der Waals surface area contributed by atoms with Crippen LogP contribution in [0.2, 0.25) is 0 Å². The summed E-state index contributed by atoms with van der Waals surface area (Å²) < 4.78 is 39.3. The van der Waals surface area contributed by atoms with Gasteiger partial charge in [0.15, 0.2) is 17.5 Å². The molecule has 2 unspecified atom stereocenters. The quantitative estimate of drug-likeness (QED) is 0.848. The molecule has 1 aliphatic heterocycles. The summed E-state index contributed by atoms with van der Waals surface area (Å²) in [5.74, 6) is -4.86. The first kappa shape index (κ1) is 14.8. The zero-order chi connectivity index (χ0) is 14.9. The average molecular weight is 287 g/mol. The topological polar surface area (TPSA) is 40.5 Å². The van der Waals surface area contributed by atoms with E-state index < -0.39 is 23.4 Å². The Kier molecular flexibility index (Phi) is 4.32. The molecule has 1 aromatic carbocycles. The maximum atomic E-state index is 13.2. The number of hydrogen-bond donors (Lipinski definition) is 1. The first-order valence-corrected chi connectivity index (χ1v) is 6.52. The number of nitrogens with zero attached hydrogens (tertiary/aromatic N) is 1. The predicted molar refractivity (Wildman–Crippen MR) is 66.6 cm³/mol. The lowest BCUT2D eigenvalue weighted by atomic mass is 9.90. The molecule has 1 heterocycles. The van der Waals surface area contributed by atoms with E-state index in [-0.39, 0.29) is 24.1 Å². The number of piperidine rings is 1. The molecule has 0 spiro atoms. The number of aliphatic hydroxyl groups excluding tert-OH is 1. The van der Waals surface area contributed by atoms with Gasteiger partial charge in [-0.15, -0.1) is 0 Å². The van der Waals surface area contributed by atoms with Crippen molar-refractivity contribution < 1.29 is 23.1 Å². The molecule has 6 heteroatoms. The number of carbonyl (C=O) groups is 1. The van der Waals surface area contributed by atoms with E-state index in [0.29, 0.717) is 18.7 Å². The van der Waals surface area contributed by atoms with E-state index in [0.717, 1.165) is 12.8 Å². The van der Waals surface area contributed by atoms with Crippen LogP contribution in [0.1, 0.15) is 30.1 Å². The first-order valence-electron chi connectivity index (χ1n) is 6.52. The van der Waals surface area contributed by atoms with E-state index in [2.05, 4.69) is 0 Å². The minimum absolute atomic E-state index is 0.104. The summed E-state index contributed by atoms with van der Waals surface area (Å²) in [6, 6.07) is 0.996. The molecule has 3 nitrogen and oxygen atoms in total. The highest BCUT2D eigenvalue weighted by Crippen LogP contribution is 2.25. The molecule has 1 saturated heterocycles. The van der Waals surface area contributed by atoms with Gasteiger partial charge in [0.25, 0.3) is 5.91 Å². The van der Waals surface area contributed by atoms with Crippen LogP contribution in [0.5, 0.6) is 0 Å². The van der Waals surface area contributed by atoms with E-state index in [1.807, 2.05) is 6.92 Å². The van der Waals surface area contributed by atoms with E-state index in [4.69, 9.17) is 0 Å². The van der Waals surface area contributed by atoms with Crippen molar-refractivity contribution in [1.82, 2.24) is 4.90 Å². The van der Waals surface area contributed by atoms with Gasteiger partial charge >= 0.3 is 0 Å². The van der Waals surface area contributed by atoms with Crippen molar-refractivity contribution in [2.75, 3.05) is 13.2 Å². The van der Waals surface area contributed by atoms with Gasteiger partial charge in [0.1, 0.15) is 0 Å². The van der Waals surface area contributed by atoms with Crippen molar-refractivity contribution in [3.8, 4) is 0 Å². The van der Waals surface area contributed by atoms with Crippen LogP contribution in [-0.2, 0) is 0 Å². The van der Waals surface area contributed by atoms with Crippen LogP contribution >= 0.6 is 0 Å². The lowest BCUT2D eigenvalue weighted by Gasteiger charge is -2.39. The lowest BCUT2D eigenvalue weighted by Crippen LogP contribution is -2.49. The summed E-state index contributed by atoms with van der Waals surface area (Å²) in [6.07, 6.45) is 1.64. The minimum atomic E-state index is -1.59. The third-order valence-corrected chi connectivity index (χ3v) is 3.79. The van der Waals surface area contributed by atoms with Crippen molar-refractivity contribution >= 4 is 5.91 Å². The predicted octanol–water partition coefficient (Wildman–Crippen LogP) is 2.34. The normalized spacial score (nSPS) is 22.9. The van der Waals surface area contributed by atoms with Crippen molar-refractivity contribution in [1.29, 1.82) is 0 Å². The fourth-order valence-corrected chi connectivity index (χ4v) is 2.62. The Morgan fingerprint density at radius 2 is 1.95 bits per heavy atom. The zero-order valence-corrected chi connectivity index (χ0v) is 11.1. The molecule has 0 aliphatic carbocycles. The Morgan fingerprint density at radius 1 is 1.35 bits per heavy atom. The van der Waals surface area contributed by atoms with Crippen LogP contribution in [0, 0.1) is 23.4 Å². The number of halogens is 3. The van der Waals surface area contributed by atoms with Gasteiger partial charge in [-0.3, -0.25) is 4.79 Å². The molecule has 0 bridgehead atoms.